The van der Waals surface area contributed by atoms with Crippen LogP contribution in [0.25, 0.3) is 0 Å². The standard InChI is InChI=1S/C30H49B/c1-21-13-17-29(6)25-14-16-27(4)23(8-7-15-26(2,3)22-9-10-22)11-12-24(27)28(25,5)18-19-30(29,31)20-21/h14,21-24H,7-13,15-20H2,1-6H3. The minimum atomic E-state index is 0.0378. The topological polar surface area (TPSA) is 0 Å². The summed E-state index contributed by atoms with van der Waals surface area (Å²) in [6, 6.07) is 0. The minimum absolute atomic E-state index is 0.0378. The van der Waals surface area contributed by atoms with Gasteiger partial charge < -0.3 is 0 Å². The molecule has 7 unspecified atom stereocenters. The van der Waals surface area contributed by atoms with Gasteiger partial charge in [-0.05, 0) is 110 Å². The first-order chi connectivity index (χ1) is 14.4. The molecule has 0 saturated heterocycles. The zero-order chi connectivity index (χ0) is 22.3. The van der Waals surface area contributed by atoms with E-state index in [1.807, 2.05) is 0 Å². The second-order valence-corrected chi connectivity index (χ2v) is 14.6. The summed E-state index contributed by atoms with van der Waals surface area (Å²) >= 11 is 0. The van der Waals surface area contributed by atoms with Crippen molar-refractivity contribution in [3.8, 4) is 0 Å². The zero-order valence-electron chi connectivity index (χ0n) is 21.7. The highest BCUT2D eigenvalue weighted by Gasteiger charge is 2.64. The van der Waals surface area contributed by atoms with E-state index in [4.69, 9.17) is 7.85 Å². The number of allylic oxidation sites excluding steroid dienone is 2. The van der Waals surface area contributed by atoms with Crippen LogP contribution in [0.3, 0.4) is 0 Å². The average Bonchev–Trinajstić information content (AvgIpc) is 3.49. The molecule has 4 saturated carbocycles. The number of rotatable bonds is 5. The Labute approximate surface area is 195 Å². The van der Waals surface area contributed by atoms with E-state index < -0.39 is 0 Å². The van der Waals surface area contributed by atoms with Crippen molar-refractivity contribution in [3.63, 3.8) is 0 Å². The average molecular weight is 421 g/mol. The molecule has 0 aromatic heterocycles. The number of hydrogen-bond donors (Lipinski definition) is 0. The lowest BCUT2D eigenvalue weighted by Crippen LogP contribution is -2.55. The largest absolute Gasteiger partial charge is 0.0837 e. The van der Waals surface area contributed by atoms with Crippen LogP contribution in [-0.4, -0.2) is 7.85 Å². The summed E-state index contributed by atoms with van der Waals surface area (Å²) in [5, 5.41) is 0.0378. The molecule has 7 atom stereocenters. The van der Waals surface area contributed by atoms with Gasteiger partial charge in [-0.2, -0.15) is 0 Å². The SMILES string of the molecule is [B]C12CCC3(C)C(=CCC4(C)C(CCCC(C)(C)C5CC5)CCC34)C1(C)CCC(C)C2. The fourth-order valence-electron chi connectivity index (χ4n) is 9.92. The van der Waals surface area contributed by atoms with Crippen LogP contribution in [-0.2, 0) is 0 Å². The van der Waals surface area contributed by atoms with Gasteiger partial charge in [-0.15, -0.1) is 0 Å². The lowest BCUT2D eigenvalue weighted by atomic mass is 9.34. The van der Waals surface area contributed by atoms with Gasteiger partial charge in [0.25, 0.3) is 0 Å². The molecule has 0 spiro atoms. The highest BCUT2D eigenvalue weighted by molar-refractivity contribution is 6.16. The molecule has 172 valence electrons. The minimum Gasteiger partial charge on any atom is -0.0837 e. The van der Waals surface area contributed by atoms with Crippen molar-refractivity contribution >= 4 is 7.85 Å². The number of hydrogen-bond acceptors (Lipinski definition) is 0. The van der Waals surface area contributed by atoms with Gasteiger partial charge in [0.1, 0.15) is 0 Å². The van der Waals surface area contributed by atoms with E-state index in [-0.39, 0.29) is 10.7 Å². The summed E-state index contributed by atoms with van der Waals surface area (Å²) in [4.78, 5) is 0. The van der Waals surface area contributed by atoms with E-state index in [0.717, 1.165) is 23.7 Å². The van der Waals surface area contributed by atoms with Crippen LogP contribution in [0.15, 0.2) is 11.6 Å². The lowest BCUT2D eigenvalue weighted by Gasteiger charge is -2.66. The maximum Gasteiger partial charge on any atom is 0.0758 e. The van der Waals surface area contributed by atoms with Crippen LogP contribution in [0.5, 0.6) is 0 Å². The van der Waals surface area contributed by atoms with Crippen LogP contribution in [0.4, 0.5) is 0 Å². The van der Waals surface area contributed by atoms with Crippen LogP contribution in [0.1, 0.15) is 125 Å². The molecule has 0 aliphatic heterocycles. The Morgan fingerprint density at radius 3 is 2.45 bits per heavy atom. The van der Waals surface area contributed by atoms with E-state index in [9.17, 15) is 0 Å². The van der Waals surface area contributed by atoms with Gasteiger partial charge >= 0.3 is 0 Å². The summed E-state index contributed by atoms with van der Waals surface area (Å²) in [7, 11) is 7.25. The molecule has 0 aromatic rings. The fraction of sp³-hybridized carbons (Fsp3) is 0.933. The maximum atomic E-state index is 7.25. The molecule has 5 rings (SSSR count). The molecule has 0 aromatic carbocycles. The molecule has 0 bridgehead atoms. The first kappa shape index (κ1) is 22.6. The van der Waals surface area contributed by atoms with Crippen molar-refractivity contribution < 1.29 is 0 Å². The predicted molar refractivity (Wildman–Crippen MR) is 134 cm³/mol. The summed E-state index contributed by atoms with van der Waals surface area (Å²) in [5.41, 5.74) is 3.55. The van der Waals surface area contributed by atoms with Gasteiger partial charge in [-0.1, -0.05) is 77.8 Å². The molecule has 4 fully saturated rings. The van der Waals surface area contributed by atoms with Crippen molar-refractivity contribution in [2.24, 2.45) is 45.3 Å². The van der Waals surface area contributed by atoms with E-state index in [2.05, 4.69) is 47.6 Å². The maximum absolute atomic E-state index is 7.25. The molecule has 5 aliphatic rings. The quantitative estimate of drug-likeness (QED) is 0.308. The third-order valence-electron chi connectivity index (χ3n) is 12.4. The van der Waals surface area contributed by atoms with Gasteiger partial charge in [-0.25, -0.2) is 0 Å². The molecule has 0 heterocycles. The Bertz CT molecular complexity index is 746. The van der Waals surface area contributed by atoms with Gasteiger partial charge in [0.15, 0.2) is 0 Å². The highest BCUT2D eigenvalue weighted by Crippen LogP contribution is 2.75. The Morgan fingerprint density at radius 2 is 1.74 bits per heavy atom. The summed E-state index contributed by atoms with van der Waals surface area (Å²) in [6.07, 6.45) is 20.9. The molecule has 0 amide bonds. The molecule has 5 aliphatic carbocycles. The van der Waals surface area contributed by atoms with E-state index in [1.165, 1.54) is 83.5 Å². The van der Waals surface area contributed by atoms with Crippen molar-refractivity contribution in [1.82, 2.24) is 0 Å². The molecular weight excluding hydrogens is 371 g/mol. The predicted octanol–water partition coefficient (Wildman–Crippen LogP) is 8.91. The Hall–Kier alpha value is -0.195. The van der Waals surface area contributed by atoms with Gasteiger partial charge in [-0.3, -0.25) is 0 Å². The van der Waals surface area contributed by atoms with E-state index in [1.54, 1.807) is 5.57 Å². The van der Waals surface area contributed by atoms with E-state index >= 15 is 0 Å². The molecule has 2 radical (unpaired) electrons. The Balaban J connectivity index is 1.36. The first-order valence-corrected chi connectivity index (χ1v) is 13.9. The van der Waals surface area contributed by atoms with Crippen molar-refractivity contribution in [2.45, 2.75) is 130 Å². The third-order valence-corrected chi connectivity index (χ3v) is 12.4. The summed E-state index contributed by atoms with van der Waals surface area (Å²) in [5.74, 6) is 3.64. The molecule has 0 N–H and O–H groups in total. The Morgan fingerprint density at radius 1 is 1.00 bits per heavy atom. The van der Waals surface area contributed by atoms with Crippen LogP contribution >= 0.6 is 0 Å². The summed E-state index contributed by atoms with van der Waals surface area (Å²) < 4.78 is 0. The second-order valence-electron chi connectivity index (χ2n) is 14.6. The van der Waals surface area contributed by atoms with Gasteiger partial charge in [0.2, 0.25) is 0 Å². The smallest absolute Gasteiger partial charge is 0.0758 e. The molecular formula is C30H49B. The van der Waals surface area contributed by atoms with E-state index in [0.29, 0.717) is 16.2 Å². The fourth-order valence-corrected chi connectivity index (χ4v) is 9.92. The van der Waals surface area contributed by atoms with Crippen molar-refractivity contribution in [3.05, 3.63) is 11.6 Å². The van der Waals surface area contributed by atoms with Crippen LogP contribution in [0.2, 0.25) is 5.31 Å². The lowest BCUT2D eigenvalue weighted by molar-refractivity contribution is -0.0237. The highest BCUT2D eigenvalue weighted by atomic mass is 14.7. The van der Waals surface area contributed by atoms with Gasteiger partial charge in [0.05, 0.1) is 7.85 Å². The second kappa shape index (κ2) is 7.15. The van der Waals surface area contributed by atoms with Crippen molar-refractivity contribution in [1.29, 1.82) is 0 Å². The first-order valence-electron chi connectivity index (χ1n) is 13.9. The van der Waals surface area contributed by atoms with Crippen LogP contribution in [0, 0.1) is 45.3 Å². The third kappa shape index (κ3) is 3.28. The molecule has 0 nitrogen and oxygen atoms in total. The summed E-state index contributed by atoms with van der Waals surface area (Å²) in [6.45, 7) is 15.4. The number of fused-ring (bicyclic) bond motifs is 5. The van der Waals surface area contributed by atoms with Crippen molar-refractivity contribution in [2.75, 3.05) is 0 Å². The molecule has 1 heteroatoms. The molecule has 31 heavy (non-hydrogen) atoms. The Kier molecular flexibility index (Phi) is 5.21. The normalized spacial score (nSPS) is 49.7. The zero-order valence-corrected chi connectivity index (χ0v) is 21.7. The monoisotopic (exact) mass is 420 g/mol. The van der Waals surface area contributed by atoms with Crippen LogP contribution < -0.4 is 0 Å². The van der Waals surface area contributed by atoms with Gasteiger partial charge in [0, 0.05) is 0 Å².